The van der Waals surface area contributed by atoms with Gasteiger partial charge in [-0.1, -0.05) is 13.8 Å². The van der Waals surface area contributed by atoms with Gasteiger partial charge in [0, 0.05) is 50.2 Å². The van der Waals surface area contributed by atoms with Gasteiger partial charge in [0.25, 0.3) is 0 Å². The summed E-state index contributed by atoms with van der Waals surface area (Å²) in [5.41, 5.74) is 1.34. The van der Waals surface area contributed by atoms with Crippen LogP contribution in [0.1, 0.15) is 77.7 Å². The molecule has 0 amide bonds. The minimum atomic E-state index is 0.591. The predicted molar refractivity (Wildman–Crippen MR) is 121 cm³/mol. The van der Waals surface area contributed by atoms with Crippen LogP contribution in [0.15, 0.2) is 12.4 Å². The van der Waals surface area contributed by atoms with Crippen molar-refractivity contribution < 1.29 is 0 Å². The zero-order valence-corrected chi connectivity index (χ0v) is 19.1. The lowest BCUT2D eigenvalue weighted by Crippen LogP contribution is -2.56. The summed E-state index contributed by atoms with van der Waals surface area (Å²) in [5, 5.41) is 0. The molecule has 2 bridgehead atoms. The molecule has 3 atom stereocenters. The Labute approximate surface area is 177 Å². The van der Waals surface area contributed by atoms with Crippen LogP contribution in [0.3, 0.4) is 0 Å². The van der Waals surface area contributed by atoms with Gasteiger partial charge in [-0.25, -0.2) is 9.97 Å². The zero-order chi connectivity index (χ0) is 20.4. The molecule has 3 saturated heterocycles. The summed E-state index contributed by atoms with van der Waals surface area (Å²) >= 11 is 0. The Hall–Kier alpha value is -1.20. The van der Waals surface area contributed by atoms with Crippen LogP contribution in [0.4, 0.5) is 5.95 Å². The largest absolute Gasteiger partial charge is 0.332 e. The van der Waals surface area contributed by atoms with Crippen LogP contribution in [0.25, 0.3) is 0 Å². The second-order valence-corrected chi connectivity index (χ2v) is 10.3. The molecule has 0 radical (unpaired) electrons. The van der Waals surface area contributed by atoms with Gasteiger partial charge in [-0.15, -0.1) is 0 Å². The summed E-state index contributed by atoms with van der Waals surface area (Å²) in [7, 11) is 0. The third-order valence-corrected chi connectivity index (χ3v) is 7.36. The second-order valence-electron chi connectivity index (χ2n) is 10.3. The van der Waals surface area contributed by atoms with Crippen molar-refractivity contribution in [2.75, 3.05) is 37.6 Å². The van der Waals surface area contributed by atoms with E-state index in [1.54, 1.807) is 0 Å². The van der Waals surface area contributed by atoms with Gasteiger partial charge in [-0.2, -0.15) is 0 Å². The van der Waals surface area contributed by atoms with E-state index in [0.29, 0.717) is 24.0 Å². The van der Waals surface area contributed by atoms with Gasteiger partial charge < -0.3 is 9.80 Å². The highest BCUT2D eigenvalue weighted by Gasteiger charge is 2.41. The topological polar surface area (TPSA) is 35.5 Å². The molecule has 0 N–H and O–H groups in total. The van der Waals surface area contributed by atoms with Gasteiger partial charge in [0.1, 0.15) is 0 Å². The lowest BCUT2D eigenvalue weighted by atomic mass is 9.92. The number of aromatic nitrogens is 2. The van der Waals surface area contributed by atoms with Crippen molar-refractivity contribution in [3.63, 3.8) is 0 Å². The van der Waals surface area contributed by atoms with Gasteiger partial charge >= 0.3 is 0 Å². The predicted octanol–water partition coefficient (Wildman–Crippen LogP) is 4.15. The van der Waals surface area contributed by atoms with E-state index in [1.165, 1.54) is 63.7 Å². The molecule has 5 heteroatoms. The Morgan fingerprint density at radius 3 is 2.28 bits per heavy atom. The number of likely N-dealkylation sites (tertiary alicyclic amines) is 2. The lowest BCUT2D eigenvalue weighted by Gasteiger charge is -2.42. The summed E-state index contributed by atoms with van der Waals surface area (Å²) in [6.45, 7) is 15.3. The maximum absolute atomic E-state index is 4.88. The average Bonchev–Trinajstić information content (AvgIpc) is 2.97. The lowest BCUT2D eigenvalue weighted by molar-refractivity contribution is 0.176. The normalized spacial score (nSPS) is 28.6. The van der Waals surface area contributed by atoms with Crippen LogP contribution in [0, 0.1) is 5.92 Å². The number of fused-ring (bicyclic) bond motifs is 2. The first-order valence-electron chi connectivity index (χ1n) is 12.1. The summed E-state index contributed by atoms with van der Waals surface area (Å²) in [4.78, 5) is 17.6. The van der Waals surface area contributed by atoms with Gasteiger partial charge in [0.2, 0.25) is 5.95 Å². The Kier molecular flexibility index (Phi) is 6.75. The number of piperidine rings is 1. The molecule has 0 saturated carbocycles. The van der Waals surface area contributed by atoms with Crippen LogP contribution in [0.5, 0.6) is 0 Å². The number of nitrogens with zero attached hydrogens (tertiary/aromatic N) is 5. The van der Waals surface area contributed by atoms with Crippen molar-refractivity contribution in [1.29, 1.82) is 0 Å². The van der Waals surface area contributed by atoms with E-state index in [4.69, 9.17) is 9.97 Å². The van der Waals surface area contributed by atoms with E-state index < -0.39 is 0 Å². The summed E-state index contributed by atoms with van der Waals surface area (Å²) in [5.74, 6) is 2.38. The van der Waals surface area contributed by atoms with E-state index in [1.807, 2.05) is 0 Å². The van der Waals surface area contributed by atoms with Crippen molar-refractivity contribution in [2.45, 2.75) is 90.3 Å². The third kappa shape index (κ3) is 4.93. The molecule has 0 spiro atoms. The van der Waals surface area contributed by atoms with Crippen LogP contribution < -0.4 is 4.90 Å². The quantitative estimate of drug-likeness (QED) is 0.688. The van der Waals surface area contributed by atoms with E-state index in [0.717, 1.165) is 25.0 Å². The number of hydrogen-bond donors (Lipinski definition) is 0. The molecule has 3 aliphatic heterocycles. The average molecular weight is 400 g/mol. The van der Waals surface area contributed by atoms with Crippen LogP contribution in [0.2, 0.25) is 0 Å². The molecule has 3 unspecified atom stereocenters. The molecule has 1 aromatic rings. The highest BCUT2D eigenvalue weighted by molar-refractivity contribution is 5.38. The smallest absolute Gasteiger partial charge is 0.225 e. The fraction of sp³-hybridized carbons (Fsp3) is 0.833. The number of piperazine rings is 1. The van der Waals surface area contributed by atoms with Crippen molar-refractivity contribution in [3.8, 4) is 0 Å². The first-order valence-corrected chi connectivity index (χ1v) is 12.1. The van der Waals surface area contributed by atoms with Gasteiger partial charge in [0.05, 0.1) is 0 Å². The monoisotopic (exact) mass is 399 g/mol. The molecule has 1 aromatic heterocycles. The molecule has 162 valence electrons. The molecule has 0 aromatic carbocycles. The first-order chi connectivity index (χ1) is 14.0. The van der Waals surface area contributed by atoms with Gasteiger partial charge in [0.15, 0.2) is 0 Å². The third-order valence-electron chi connectivity index (χ3n) is 7.36. The summed E-state index contributed by atoms with van der Waals surface area (Å²) < 4.78 is 0. The van der Waals surface area contributed by atoms with E-state index in [-0.39, 0.29) is 0 Å². The summed E-state index contributed by atoms with van der Waals surface area (Å²) in [6.07, 6.45) is 12.1. The van der Waals surface area contributed by atoms with Crippen molar-refractivity contribution in [2.24, 2.45) is 5.92 Å². The van der Waals surface area contributed by atoms with E-state index in [9.17, 15) is 0 Å². The van der Waals surface area contributed by atoms with Crippen LogP contribution >= 0.6 is 0 Å². The highest BCUT2D eigenvalue weighted by atomic mass is 15.4. The second kappa shape index (κ2) is 9.30. The Morgan fingerprint density at radius 2 is 1.66 bits per heavy atom. The maximum atomic E-state index is 4.88. The Balaban J connectivity index is 1.36. The number of rotatable bonds is 7. The zero-order valence-electron chi connectivity index (χ0n) is 19.1. The fourth-order valence-electron chi connectivity index (χ4n) is 5.61. The van der Waals surface area contributed by atoms with Gasteiger partial charge in [-0.05, 0) is 82.9 Å². The fourth-order valence-corrected chi connectivity index (χ4v) is 5.61. The van der Waals surface area contributed by atoms with E-state index in [2.05, 4.69) is 54.8 Å². The van der Waals surface area contributed by atoms with Gasteiger partial charge in [-0.3, -0.25) is 4.90 Å². The maximum Gasteiger partial charge on any atom is 0.225 e. The molecule has 4 heterocycles. The minimum Gasteiger partial charge on any atom is -0.332 e. The van der Waals surface area contributed by atoms with Crippen LogP contribution in [-0.2, 0) is 0 Å². The highest BCUT2D eigenvalue weighted by Crippen LogP contribution is 2.34. The summed E-state index contributed by atoms with van der Waals surface area (Å²) in [6, 6.07) is 1.82. The number of hydrogen-bond acceptors (Lipinski definition) is 5. The van der Waals surface area contributed by atoms with Crippen molar-refractivity contribution >= 4 is 5.95 Å². The minimum absolute atomic E-state index is 0.591. The molecular formula is C24H41N5. The Morgan fingerprint density at radius 1 is 0.966 bits per heavy atom. The molecular weight excluding hydrogens is 358 g/mol. The van der Waals surface area contributed by atoms with E-state index >= 15 is 0 Å². The molecule has 5 nitrogen and oxygen atoms in total. The first kappa shape index (κ1) is 21.0. The van der Waals surface area contributed by atoms with Crippen molar-refractivity contribution in [1.82, 2.24) is 19.8 Å². The SMILES string of the molecule is CC(C)CCCN1CCCC(c2cnc(N3C4CCC3CN(C(C)C)C4)nc2)C1. The molecule has 3 fully saturated rings. The number of anilines is 1. The van der Waals surface area contributed by atoms with Crippen molar-refractivity contribution in [3.05, 3.63) is 18.0 Å². The molecule has 0 aliphatic carbocycles. The Bertz CT molecular complexity index is 629. The molecule has 4 rings (SSSR count). The standard InChI is InChI=1S/C24H41N5/c1-18(2)7-5-11-27-12-6-8-20(15-27)21-13-25-24(26-14-21)29-22-9-10-23(29)17-28(16-22)19(3)4/h13-14,18-20,22-23H,5-12,15-17H2,1-4H3. The van der Waals surface area contributed by atoms with Crippen LogP contribution in [-0.4, -0.2) is 70.6 Å². The molecule has 29 heavy (non-hydrogen) atoms. The molecule has 3 aliphatic rings.